The molecule has 0 fully saturated rings. The van der Waals surface area contributed by atoms with E-state index in [1.165, 1.54) is 6.20 Å². The zero-order chi connectivity index (χ0) is 23.8. The van der Waals surface area contributed by atoms with Crippen molar-refractivity contribution in [2.45, 2.75) is 13.0 Å². The number of hydrogen-bond donors (Lipinski definition) is 2. The second kappa shape index (κ2) is 9.01. The lowest BCUT2D eigenvalue weighted by atomic mass is 10.1. The molecule has 2 aromatic heterocycles. The molecule has 2 heterocycles. The van der Waals surface area contributed by atoms with Gasteiger partial charge in [0.1, 0.15) is 5.69 Å². The smallest absolute Gasteiger partial charge is 0.264 e. The zero-order valence-electron chi connectivity index (χ0n) is 17.6. The van der Waals surface area contributed by atoms with Crippen LogP contribution in [0.25, 0.3) is 16.5 Å². The molecule has 0 aliphatic carbocycles. The Kier molecular flexibility index (Phi) is 6.29. The fourth-order valence-electron chi connectivity index (χ4n) is 3.53. The van der Waals surface area contributed by atoms with Crippen LogP contribution in [0.5, 0.6) is 0 Å². The molecular weight excluding hydrogens is 485 g/mol. The highest BCUT2D eigenvalue weighted by molar-refractivity contribution is 7.92. The van der Waals surface area contributed by atoms with Crippen molar-refractivity contribution < 1.29 is 8.42 Å². The molecule has 0 saturated carbocycles. The molecule has 8 nitrogen and oxygen atoms in total. The molecule has 2 N–H and O–H groups in total. The van der Waals surface area contributed by atoms with Crippen molar-refractivity contribution in [1.29, 1.82) is 0 Å². The van der Waals surface area contributed by atoms with Gasteiger partial charge in [-0.1, -0.05) is 41.9 Å². The summed E-state index contributed by atoms with van der Waals surface area (Å²) in [6.45, 7) is 1.82. The number of benzene rings is 2. The number of halogens is 2. The van der Waals surface area contributed by atoms with E-state index in [4.69, 9.17) is 23.2 Å². The third-order valence-corrected chi connectivity index (χ3v) is 5.98. The highest BCUT2D eigenvalue weighted by Crippen LogP contribution is 2.29. The molecule has 2 aromatic carbocycles. The van der Waals surface area contributed by atoms with Gasteiger partial charge in [0.05, 0.1) is 28.9 Å². The van der Waals surface area contributed by atoms with Gasteiger partial charge >= 0.3 is 0 Å². The summed E-state index contributed by atoms with van der Waals surface area (Å²) in [7, 11) is -3.59. The largest absolute Gasteiger partial charge is 0.360 e. The third-order valence-electron chi connectivity index (χ3n) is 4.89. The monoisotopic (exact) mass is 503 g/mol. The Morgan fingerprint density at radius 2 is 1.79 bits per heavy atom. The summed E-state index contributed by atoms with van der Waals surface area (Å²) < 4.78 is 27.5. The summed E-state index contributed by atoms with van der Waals surface area (Å²) in [6, 6.07) is 15.8. The van der Waals surface area contributed by atoms with Crippen LogP contribution in [0.4, 0.5) is 11.5 Å². The Bertz CT molecular complexity index is 1510. The fraction of sp³-hybridized carbons (Fsp3) is 0.136. The maximum atomic E-state index is 13.5. The highest BCUT2D eigenvalue weighted by atomic mass is 35.5. The molecule has 33 heavy (non-hydrogen) atoms. The molecule has 4 aromatic rings. The van der Waals surface area contributed by atoms with E-state index in [1.807, 2.05) is 49.4 Å². The Morgan fingerprint density at radius 1 is 1.06 bits per heavy atom. The number of rotatable bonds is 6. The van der Waals surface area contributed by atoms with Crippen LogP contribution < -0.4 is 15.6 Å². The van der Waals surface area contributed by atoms with Crippen LogP contribution in [0.15, 0.2) is 65.6 Å². The first-order valence-electron chi connectivity index (χ1n) is 9.80. The molecular formula is C22H19Cl2N5O3S. The predicted molar refractivity (Wildman–Crippen MR) is 132 cm³/mol. The van der Waals surface area contributed by atoms with Gasteiger partial charge in [0.25, 0.3) is 5.56 Å². The Balaban J connectivity index is 1.89. The Labute approximate surface area is 200 Å². The molecule has 11 heteroatoms. The predicted octanol–water partition coefficient (Wildman–Crippen LogP) is 4.63. The zero-order valence-corrected chi connectivity index (χ0v) is 19.9. The number of hydrogen-bond acceptors (Lipinski definition) is 6. The van der Waals surface area contributed by atoms with Crippen molar-refractivity contribution >= 4 is 55.5 Å². The van der Waals surface area contributed by atoms with Crippen LogP contribution in [0.3, 0.4) is 0 Å². The maximum Gasteiger partial charge on any atom is 0.264 e. The topological polar surface area (TPSA) is 106 Å². The van der Waals surface area contributed by atoms with Gasteiger partial charge < -0.3 is 5.32 Å². The van der Waals surface area contributed by atoms with E-state index in [0.717, 1.165) is 6.26 Å². The van der Waals surface area contributed by atoms with Crippen molar-refractivity contribution in [3.05, 3.63) is 87.1 Å². The lowest BCUT2D eigenvalue weighted by Gasteiger charge is -2.22. The molecule has 0 saturated heterocycles. The van der Waals surface area contributed by atoms with Gasteiger partial charge in [-0.15, -0.1) is 0 Å². The number of nitrogens with one attached hydrogen (secondary N) is 2. The van der Waals surface area contributed by atoms with E-state index in [2.05, 4.69) is 20.0 Å². The number of anilines is 2. The van der Waals surface area contributed by atoms with E-state index in [-0.39, 0.29) is 22.3 Å². The summed E-state index contributed by atoms with van der Waals surface area (Å²) in [6.07, 6.45) is 2.30. The fourth-order valence-corrected chi connectivity index (χ4v) is 4.47. The van der Waals surface area contributed by atoms with E-state index in [9.17, 15) is 13.2 Å². The molecule has 0 radical (unpaired) electrons. The molecule has 170 valence electrons. The van der Waals surface area contributed by atoms with Gasteiger partial charge in [0.2, 0.25) is 15.3 Å². The van der Waals surface area contributed by atoms with E-state index in [1.54, 1.807) is 16.7 Å². The minimum absolute atomic E-state index is 0.0607. The average molecular weight is 504 g/mol. The van der Waals surface area contributed by atoms with Crippen LogP contribution in [-0.4, -0.2) is 29.2 Å². The first kappa shape index (κ1) is 23.0. The third kappa shape index (κ3) is 4.95. The highest BCUT2D eigenvalue weighted by Gasteiger charge is 2.20. The molecule has 4 rings (SSSR count). The number of sulfonamides is 1. The lowest BCUT2D eigenvalue weighted by molar-refractivity contribution is 0.606. The Hall–Kier alpha value is -3.14. The van der Waals surface area contributed by atoms with Gasteiger partial charge in [-0.05, 0) is 48.2 Å². The second-order valence-corrected chi connectivity index (χ2v) is 9.88. The van der Waals surface area contributed by atoms with Crippen LogP contribution in [0.2, 0.25) is 10.3 Å². The number of fused-ring (bicyclic) bond motifs is 1. The van der Waals surface area contributed by atoms with Crippen molar-refractivity contribution in [2.75, 3.05) is 16.3 Å². The minimum Gasteiger partial charge on any atom is -0.360 e. The maximum absolute atomic E-state index is 13.5. The number of para-hydroxylation sites is 1. The van der Waals surface area contributed by atoms with Crippen molar-refractivity contribution in [3.8, 4) is 5.69 Å². The van der Waals surface area contributed by atoms with E-state index >= 15 is 0 Å². The number of aromatic nitrogens is 3. The molecule has 0 unspecified atom stereocenters. The van der Waals surface area contributed by atoms with E-state index in [0.29, 0.717) is 27.2 Å². The number of pyridine rings is 1. The standard InChI is InChI=1S/C22H19Cl2N5O3S/c1-13(26-20-17(28-33(2,31)32)12-25-22(24)27-20)18-11-14-7-6-10-16(23)19(14)21(30)29(18)15-8-4-3-5-9-15/h3-13,28H,1-2H3,(H,25,26,27)/t13-/m0/s1. The second-order valence-electron chi connectivity index (χ2n) is 7.39. The van der Waals surface area contributed by atoms with Crippen LogP contribution in [0, 0.1) is 0 Å². The molecule has 1 atom stereocenters. The quantitative estimate of drug-likeness (QED) is 0.371. The van der Waals surface area contributed by atoms with Crippen LogP contribution in [0.1, 0.15) is 18.7 Å². The first-order chi connectivity index (χ1) is 15.6. The molecule has 0 aliphatic heterocycles. The van der Waals surface area contributed by atoms with Gasteiger partial charge in [0.15, 0.2) is 5.82 Å². The summed E-state index contributed by atoms with van der Waals surface area (Å²) >= 11 is 12.3. The molecule has 0 aliphatic rings. The first-order valence-corrected chi connectivity index (χ1v) is 12.5. The van der Waals surface area contributed by atoms with Gasteiger partial charge in [-0.2, -0.15) is 4.98 Å². The normalized spacial score (nSPS) is 12.5. The average Bonchev–Trinajstić information content (AvgIpc) is 2.75. The lowest BCUT2D eigenvalue weighted by Crippen LogP contribution is -2.26. The molecule has 0 amide bonds. The van der Waals surface area contributed by atoms with Crippen molar-refractivity contribution in [3.63, 3.8) is 0 Å². The van der Waals surface area contributed by atoms with Crippen LogP contribution >= 0.6 is 23.2 Å². The number of nitrogens with zero attached hydrogens (tertiary/aromatic N) is 3. The van der Waals surface area contributed by atoms with Gasteiger partial charge in [-0.25, -0.2) is 13.4 Å². The van der Waals surface area contributed by atoms with Crippen molar-refractivity contribution in [2.24, 2.45) is 0 Å². The summed E-state index contributed by atoms with van der Waals surface area (Å²) in [5.74, 6) is 0.172. The molecule has 0 bridgehead atoms. The van der Waals surface area contributed by atoms with Gasteiger partial charge in [-0.3, -0.25) is 14.1 Å². The summed E-state index contributed by atoms with van der Waals surface area (Å²) in [5, 5.41) is 4.53. The van der Waals surface area contributed by atoms with Crippen molar-refractivity contribution in [1.82, 2.24) is 14.5 Å². The Morgan fingerprint density at radius 3 is 2.48 bits per heavy atom. The SMILES string of the molecule is C[C@H](Nc1nc(Cl)ncc1NS(C)(=O)=O)c1cc2cccc(Cl)c2c(=O)n1-c1ccccc1. The van der Waals surface area contributed by atoms with Crippen LogP contribution in [-0.2, 0) is 10.0 Å². The summed E-state index contributed by atoms with van der Waals surface area (Å²) in [5.41, 5.74) is 1.12. The summed E-state index contributed by atoms with van der Waals surface area (Å²) in [4.78, 5) is 21.5. The molecule has 0 spiro atoms. The van der Waals surface area contributed by atoms with E-state index < -0.39 is 16.1 Å². The van der Waals surface area contributed by atoms with Gasteiger partial charge in [0, 0.05) is 11.4 Å². The minimum atomic E-state index is -3.59.